The normalized spacial score (nSPS) is 14.0. The van der Waals surface area contributed by atoms with Crippen molar-refractivity contribution in [2.45, 2.75) is 32.2 Å². The molecule has 1 atom stereocenters. The van der Waals surface area contributed by atoms with E-state index in [-0.39, 0.29) is 18.3 Å². The molecule has 1 aromatic carbocycles. The van der Waals surface area contributed by atoms with Crippen LogP contribution in [0.5, 0.6) is 0 Å². The van der Waals surface area contributed by atoms with E-state index in [1.165, 1.54) is 0 Å². The molecule has 0 heterocycles. The smallest absolute Gasteiger partial charge is 0.386 e. The van der Waals surface area contributed by atoms with Crippen LogP contribution in [-0.2, 0) is 10.9 Å². The van der Waals surface area contributed by atoms with Gasteiger partial charge in [-0.1, -0.05) is 6.07 Å². The molecular formula is C12H14F4O2. The second kappa shape index (κ2) is 5.67. The van der Waals surface area contributed by atoms with E-state index in [9.17, 15) is 22.7 Å². The van der Waals surface area contributed by atoms with Gasteiger partial charge in [0.25, 0.3) is 0 Å². The minimum atomic E-state index is -4.73. The Kier molecular flexibility index (Phi) is 4.70. The summed E-state index contributed by atoms with van der Waals surface area (Å²) in [7, 11) is 0. The van der Waals surface area contributed by atoms with E-state index < -0.39 is 23.7 Å². The highest BCUT2D eigenvalue weighted by Crippen LogP contribution is 2.32. The Morgan fingerprint density at radius 2 is 1.89 bits per heavy atom. The van der Waals surface area contributed by atoms with Gasteiger partial charge in [0.1, 0.15) is 11.9 Å². The fraction of sp³-hybridized carbons (Fsp3) is 0.500. The molecule has 102 valence electrons. The molecule has 0 aliphatic carbocycles. The Bertz CT molecular complexity index is 402. The standard InChI is InChI=1S/C12H14F4O2/c1-7(2)18-6-11(17)8-3-4-9(10(13)5-8)12(14,15)16/h3-5,7,11,17H,6H2,1-2H3. The van der Waals surface area contributed by atoms with Crippen LogP contribution in [0, 0.1) is 5.82 Å². The van der Waals surface area contributed by atoms with Gasteiger partial charge < -0.3 is 9.84 Å². The largest absolute Gasteiger partial charge is 0.419 e. The highest BCUT2D eigenvalue weighted by molar-refractivity contribution is 5.27. The minimum Gasteiger partial charge on any atom is -0.386 e. The highest BCUT2D eigenvalue weighted by Gasteiger charge is 2.34. The predicted octanol–water partition coefficient (Wildman–Crippen LogP) is 3.30. The molecule has 0 saturated heterocycles. The number of aliphatic hydroxyl groups excluding tert-OH is 1. The molecule has 1 aromatic rings. The zero-order valence-corrected chi connectivity index (χ0v) is 9.96. The molecule has 0 aliphatic rings. The van der Waals surface area contributed by atoms with Crippen LogP contribution in [0.2, 0.25) is 0 Å². The SMILES string of the molecule is CC(C)OCC(O)c1ccc(C(F)(F)F)c(F)c1. The van der Waals surface area contributed by atoms with Crippen molar-refractivity contribution in [1.82, 2.24) is 0 Å². The molecule has 6 heteroatoms. The van der Waals surface area contributed by atoms with Crippen molar-refractivity contribution in [1.29, 1.82) is 0 Å². The van der Waals surface area contributed by atoms with E-state index in [0.717, 1.165) is 6.07 Å². The fourth-order valence-electron chi connectivity index (χ4n) is 1.35. The van der Waals surface area contributed by atoms with Gasteiger partial charge in [0, 0.05) is 0 Å². The van der Waals surface area contributed by atoms with Gasteiger partial charge >= 0.3 is 6.18 Å². The molecule has 1 N–H and O–H groups in total. The van der Waals surface area contributed by atoms with Crippen LogP contribution in [0.3, 0.4) is 0 Å². The highest BCUT2D eigenvalue weighted by atomic mass is 19.4. The first kappa shape index (κ1) is 14.9. The molecule has 0 radical (unpaired) electrons. The summed E-state index contributed by atoms with van der Waals surface area (Å²) in [4.78, 5) is 0. The summed E-state index contributed by atoms with van der Waals surface area (Å²) < 4.78 is 55.3. The topological polar surface area (TPSA) is 29.5 Å². The van der Waals surface area contributed by atoms with E-state index in [0.29, 0.717) is 12.1 Å². The molecule has 2 nitrogen and oxygen atoms in total. The second-order valence-electron chi connectivity index (χ2n) is 4.13. The molecule has 1 unspecified atom stereocenters. The maximum atomic E-state index is 13.2. The number of halogens is 4. The Hall–Kier alpha value is -1.14. The summed E-state index contributed by atoms with van der Waals surface area (Å²) in [5.41, 5.74) is -1.29. The summed E-state index contributed by atoms with van der Waals surface area (Å²) in [5.74, 6) is -1.40. The van der Waals surface area contributed by atoms with Crippen molar-refractivity contribution >= 4 is 0 Å². The molecule has 18 heavy (non-hydrogen) atoms. The monoisotopic (exact) mass is 266 g/mol. The fourth-order valence-corrected chi connectivity index (χ4v) is 1.35. The van der Waals surface area contributed by atoms with Crippen LogP contribution in [0.1, 0.15) is 31.1 Å². The number of aliphatic hydroxyl groups is 1. The maximum absolute atomic E-state index is 13.2. The molecule has 0 aromatic heterocycles. The van der Waals surface area contributed by atoms with Crippen molar-refractivity contribution < 1.29 is 27.4 Å². The van der Waals surface area contributed by atoms with E-state index >= 15 is 0 Å². The Labute approximate surface area is 102 Å². The zero-order chi connectivity index (χ0) is 13.9. The third kappa shape index (κ3) is 3.96. The summed E-state index contributed by atoms with van der Waals surface area (Å²) in [5, 5.41) is 9.61. The Morgan fingerprint density at radius 3 is 2.33 bits per heavy atom. The van der Waals surface area contributed by atoms with E-state index in [2.05, 4.69) is 0 Å². The quantitative estimate of drug-likeness (QED) is 0.847. The molecule has 0 saturated carbocycles. The lowest BCUT2D eigenvalue weighted by molar-refractivity contribution is -0.140. The average Bonchev–Trinajstić information content (AvgIpc) is 2.23. The Balaban J connectivity index is 2.84. The number of hydrogen-bond donors (Lipinski definition) is 1. The van der Waals surface area contributed by atoms with Crippen LogP contribution >= 0.6 is 0 Å². The molecule has 0 fully saturated rings. The average molecular weight is 266 g/mol. The maximum Gasteiger partial charge on any atom is 0.419 e. The van der Waals surface area contributed by atoms with Crippen molar-refractivity contribution in [3.8, 4) is 0 Å². The van der Waals surface area contributed by atoms with Crippen molar-refractivity contribution in [2.75, 3.05) is 6.61 Å². The lowest BCUT2D eigenvalue weighted by Crippen LogP contribution is -2.13. The van der Waals surface area contributed by atoms with Crippen molar-refractivity contribution in [3.05, 3.63) is 35.1 Å². The molecule has 0 spiro atoms. The summed E-state index contributed by atoms with van der Waals surface area (Å²) in [6.45, 7) is 3.41. The third-order valence-corrected chi connectivity index (χ3v) is 2.27. The number of rotatable bonds is 4. The third-order valence-electron chi connectivity index (χ3n) is 2.27. The number of hydrogen-bond acceptors (Lipinski definition) is 2. The lowest BCUT2D eigenvalue weighted by atomic mass is 10.1. The van der Waals surface area contributed by atoms with Crippen LogP contribution in [0.4, 0.5) is 17.6 Å². The summed E-state index contributed by atoms with van der Waals surface area (Å²) in [6, 6.07) is 2.33. The number of alkyl halides is 3. The van der Waals surface area contributed by atoms with Gasteiger partial charge in [0.15, 0.2) is 0 Å². The molecule has 0 amide bonds. The lowest BCUT2D eigenvalue weighted by Gasteiger charge is -2.15. The van der Waals surface area contributed by atoms with Crippen LogP contribution in [-0.4, -0.2) is 17.8 Å². The van der Waals surface area contributed by atoms with Crippen molar-refractivity contribution in [3.63, 3.8) is 0 Å². The van der Waals surface area contributed by atoms with Crippen molar-refractivity contribution in [2.24, 2.45) is 0 Å². The minimum absolute atomic E-state index is 0.0566. The molecule has 1 rings (SSSR count). The van der Waals surface area contributed by atoms with Crippen LogP contribution < -0.4 is 0 Å². The summed E-state index contributed by atoms with van der Waals surface area (Å²) >= 11 is 0. The van der Waals surface area contributed by atoms with Gasteiger partial charge in [0.2, 0.25) is 0 Å². The van der Waals surface area contributed by atoms with Gasteiger partial charge in [-0.2, -0.15) is 13.2 Å². The van der Waals surface area contributed by atoms with Crippen LogP contribution in [0.15, 0.2) is 18.2 Å². The van der Waals surface area contributed by atoms with Gasteiger partial charge in [-0.3, -0.25) is 0 Å². The van der Waals surface area contributed by atoms with Gasteiger partial charge in [-0.15, -0.1) is 0 Å². The summed E-state index contributed by atoms with van der Waals surface area (Å²) in [6.07, 6.45) is -6.01. The van der Waals surface area contributed by atoms with Gasteiger partial charge in [-0.05, 0) is 31.5 Å². The first-order chi connectivity index (χ1) is 8.21. The number of benzene rings is 1. The second-order valence-corrected chi connectivity index (χ2v) is 4.13. The van der Waals surface area contributed by atoms with Crippen LogP contribution in [0.25, 0.3) is 0 Å². The first-order valence-electron chi connectivity index (χ1n) is 5.38. The zero-order valence-electron chi connectivity index (χ0n) is 9.96. The predicted molar refractivity (Wildman–Crippen MR) is 57.4 cm³/mol. The van der Waals surface area contributed by atoms with Gasteiger partial charge in [0.05, 0.1) is 18.3 Å². The van der Waals surface area contributed by atoms with E-state index in [1.54, 1.807) is 13.8 Å². The number of ether oxygens (including phenoxy) is 1. The molecule has 0 aliphatic heterocycles. The molecule has 0 bridgehead atoms. The van der Waals surface area contributed by atoms with Gasteiger partial charge in [-0.25, -0.2) is 4.39 Å². The van der Waals surface area contributed by atoms with E-state index in [4.69, 9.17) is 4.74 Å². The Morgan fingerprint density at radius 1 is 1.28 bits per heavy atom. The molecular weight excluding hydrogens is 252 g/mol. The first-order valence-corrected chi connectivity index (χ1v) is 5.38. The van der Waals surface area contributed by atoms with E-state index in [1.807, 2.05) is 0 Å².